The highest BCUT2D eigenvalue weighted by atomic mass is 19.4. The van der Waals surface area contributed by atoms with Gasteiger partial charge in [-0.05, 0) is 49.8 Å². The zero-order valence-electron chi connectivity index (χ0n) is 13.0. The van der Waals surface area contributed by atoms with Crippen LogP contribution in [0.5, 0.6) is 0 Å². The third-order valence-corrected chi connectivity index (χ3v) is 4.39. The highest BCUT2D eigenvalue weighted by Crippen LogP contribution is 2.33. The van der Waals surface area contributed by atoms with Gasteiger partial charge in [0.1, 0.15) is 0 Å². The number of likely N-dealkylation sites (tertiary alicyclic amines) is 1. The molecule has 1 aromatic carbocycles. The lowest BCUT2D eigenvalue weighted by Crippen LogP contribution is -2.37. The van der Waals surface area contributed by atoms with E-state index in [4.69, 9.17) is 5.11 Å². The number of hydrogen-bond acceptors (Lipinski definition) is 2. The SMILES string of the molecule is O=C(O)CCN1CCCC(CCc2ccccc2C(F)(F)F)C1. The lowest BCUT2D eigenvalue weighted by Gasteiger charge is -2.32. The molecule has 23 heavy (non-hydrogen) atoms. The van der Waals surface area contributed by atoms with Crippen LogP contribution >= 0.6 is 0 Å². The third kappa shape index (κ3) is 5.53. The van der Waals surface area contributed by atoms with Crippen molar-refractivity contribution in [2.24, 2.45) is 5.92 Å². The quantitative estimate of drug-likeness (QED) is 0.862. The molecule has 6 heteroatoms. The predicted molar refractivity (Wildman–Crippen MR) is 81.2 cm³/mol. The van der Waals surface area contributed by atoms with Crippen LogP contribution in [0.1, 0.15) is 36.8 Å². The number of hydrogen-bond donors (Lipinski definition) is 1. The second-order valence-electron chi connectivity index (χ2n) is 6.15. The van der Waals surface area contributed by atoms with Gasteiger partial charge in [0.2, 0.25) is 0 Å². The Hall–Kier alpha value is -1.56. The Kier molecular flexibility index (Phi) is 6.04. The molecule has 0 radical (unpaired) electrons. The largest absolute Gasteiger partial charge is 0.481 e. The van der Waals surface area contributed by atoms with Gasteiger partial charge < -0.3 is 10.0 Å². The van der Waals surface area contributed by atoms with E-state index in [1.54, 1.807) is 12.1 Å². The number of nitrogens with zero attached hydrogens (tertiary/aromatic N) is 1. The summed E-state index contributed by atoms with van der Waals surface area (Å²) in [5.41, 5.74) is -0.193. The molecule has 1 unspecified atom stereocenters. The number of carboxylic acids is 1. The van der Waals surface area contributed by atoms with Crippen molar-refractivity contribution in [3.8, 4) is 0 Å². The lowest BCUT2D eigenvalue weighted by atomic mass is 9.90. The topological polar surface area (TPSA) is 40.5 Å². The first-order valence-corrected chi connectivity index (χ1v) is 7.95. The minimum Gasteiger partial charge on any atom is -0.481 e. The first kappa shape index (κ1) is 17.8. The molecule has 1 heterocycles. The maximum absolute atomic E-state index is 13.0. The Bertz CT molecular complexity index is 531. The van der Waals surface area contributed by atoms with E-state index in [1.165, 1.54) is 6.07 Å². The van der Waals surface area contributed by atoms with Crippen molar-refractivity contribution in [1.29, 1.82) is 0 Å². The van der Waals surface area contributed by atoms with Gasteiger partial charge in [0, 0.05) is 13.1 Å². The molecule has 1 N–H and O–H groups in total. The Morgan fingerprint density at radius 3 is 2.74 bits per heavy atom. The van der Waals surface area contributed by atoms with Crippen LogP contribution in [0.3, 0.4) is 0 Å². The average Bonchev–Trinajstić information content (AvgIpc) is 2.51. The van der Waals surface area contributed by atoms with Gasteiger partial charge in [-0.3, -0.25) is 4.79 Å². The smallest absolute Gasteiger partial charge is 0.416 e. The van der Waals surface area contributed by atoms with Crippen molar-refractivity contribution in [1.82, 2.24) is 4.90 Å². The van der Waals surface area contributed by atoms with Gasteiger partial charge in [0.25, 0.3) is 0 Å². The number of carbonyl (C=O) groups is 1. The van der Waals surface area contributed by atoms with Crippen molar-refractivity contribution in [3.63, 3.8) is 0 Å². The van der Waals surface area contributed by atoms with E-state index in [1.807, 2.05) is 0 Å². The van der Waals surface area contributed by atoms with E-state index >= 15 is 0 Å². The van der Waals surface area contributed by atoms with Crippen LogP contribution in [-0.4, -0.2) is 35.6 Å². The zero-order valence-corrected chi connectivity index (χ0v) is 13.0. The number of halogens is 3. The molecule has 1 aliphatic heterocycles. The number of piperidine rings is 1. The van der Waals surface area contributed by atoms with Crippen LogP contribution in [0, 0.1) is 5.92 Å². The molecule has 128 valence electrons. The number of rotatable bonds is 6. The Labute approximate surface area is 134 Å². The molecule has 1 fully saturated rings. The second kappa shape index (κ2) is 7.81. The minimum absolute atomic E-state index is 0.115. The van der Waals surface area contributed by atoms with Crippen LogP contribution in [0.2, 0.25) is 0 Å². The van der Waals surface area contributed by atoms with Crippen molar-refractivity contribution >= 4 is 5.97 Å². The first-order chi connectivity index (χ1) is 10.9. The summed E-state index contributed by atoms with van der Waals surface area (Å²) in [7, 11) is 0. The van der Waals surface area contributed by atoms with Gasteiger partial charge >= 0.3 is 12.1 Å². The zero-order chi connectivity index (χ0) is 16.9. The molecular weight excluding hydrogens is 307 g/mol. The van der Waals surface area contributed by atoms with Crippen molar-refractivity contribution in [2.45, 2.75) is 38.3 Å². The summed E-state index contributed by atoms with van der Waals surface area (Å²) in [5, 5.41) is 8.74. The van der Waals surface area contributed by atoms with E-state index in [0.717, 1.165) is 32.0 Å². The molecule has 0 amide bonds. The molecule has 0 spiro atoms. The lowest BCUT2D eigenvalue weighted by molar-refractivity contribution is -0.138. The van der Waals surface area contributed by atoms with Gasteiger partial charge in [0.05, 0.1) is 12.0 Å². The molecule has 0 bridgehead atoms. The van der Waals surface area contributed by atoms with Gasteiger partial charge in [-0.2, -0.15) is 13.2 Å². The molecule has 1 aromatic rings. The van der Waals surface area contributed by atoms with E-state index in [2.05, 4.69) is 4.90 Å². The van der Waals surface area contributed by atoms with Crippen LogP contribution in [0.25, 0.3) is 0 Å². The fourth-order valence-electron chi connectivity index (χ4n) is 3.22. The fraction of sp³-hybridized carbons (Fsp3) is 0.588. The monoisotopic (exact) mass is 329 g/mol. The Balaban J connectivity index is 1.90. The van der Waals surface area contributed by atoms with E-state index in [0.29, 0.717) is 30.9 Å². The summed E-state index contributed by atoms with van der Waals surface area (Å²) < 4.78 is 39.0. The summed E-state index contributed by atoms with van der Waals surface area (Å²) in [6.07, 6.45) is -1.10. The molecule has 0 aromatic heterocycles. The average molecular weight is 329 g/mol. The second-order valence-corrected chi connectivity index (χ2v) is 6.15. The summed E-state index contributed by atoms with van der Waals surface area (Å²) in [5.74, 6) is -0.481. The Morgan fingerprint density at radius 2 is 2.04 bits per heavy atom. The maximum atomic E-state index is 13.0. The summed E-state index contributed by atoms with van der Waals surface area (Å²) >= 11 is 0. The normalized spacial score (nSPS) is 19.7. The molecule has 1 aliphatic rings. The van der Waals surface area contributed by atoms with Crippen molar-refractivity contribution < 1.29 is 23.1 Å². The molecule has 3 nitrogen and oxygen atoms in total. The molecule has 0 aliphatic carbocycles. The third-order valence-electron chi connectivity index (χ3n) is 4.39. The number of benzene rings is 1. The van der Waals surface area contributed by atoms with Gasteiger partial charge in [-0.1, -0.05) is 18.2 Å². The van der Waals surface area contributed by atoms with Crippen LogP contribution in [0.15, 0.2) is 24.3 Å². The summed E-state index contributed by atoms with van der Waals surface area (Å²) in [6.45, 7) is 2.18. The molecule has 2 rings (SSSR count). The molecular formula is C17H22F3NO2. The maximum Gasteiger partial charge on any atom is 0.416 e. The Morgan fingerprint density at radius 1 is 1.30 bits per heavy atom. The number of alkyl halides is 3. The highest BCUT2D eigenvalue weighted by molar-refractivity contribution is 5.66. The number of aliphatic carboxylic acids is 1. The van der Waals surface area contributed by atoms with Gasteiger partial charge in [-0.25, -0.2) is 0 Å². The van der Waals surface area contributed by atoms with E-state index in [-0.39, 0.29) is 6.42 Å². The van der Waals surface area contributed by atoms with Crippen LogP contribution < -0.4 is 0 Å². The number of aryl methyl sites for hydroxylation is 1. The van der Waals surface area contributed by atoms with Crippen LogP contribution in [-0.2, 0) is 17.4 Å². The van der Waals surface area contributed by atoms with Crippen molar-refractivity contribution in [2.75, 3.05) is 19.6 Å². The summed E-state index contributed by atoms with van der Waals surface area (Å²) in [4.78, 5) is 12.7. The standard InChI is InChI=1S/C17H22F3NO2/c18-17(19,20)15-6-2-1-5-14(15)8-7-13-4-3-10-21(12-13)11-9-16(22)23/h1-2,5-6,13H,3-4,7-12H2,(H,22,23). The predicted octanol–water partition coefficient (Wildman–Crippen LogP) is 3.82. The van der Waals surface area contributed by atoms with Crippen LogP contribution in [0.4, 0.5) is 13.2 Å². The molecule has 1 saturated heterocycles. The summed E-state index contributed by atoms with van der Waals surface area (Å²) in [6, 6.07) is 5.74. The molecule has 1 atom stereocenters. The number of carboxylic acid groups (broad SMARTS) is 1. The first-order valence-electron chi connectivity index (χ1n) is 7.95. The van der Waals surface area contributed by atoms with E-state index in [9.17, 15) is 18.0 Å². The van der Waals surface area contributed by atoms with E-state index < -0.39 is 17.7 Å². The fourth-order valence-corrected chi connectivity index (χ4v) is 3.22. The van der Waals surface area contributed by atoms with Gasteiger partial charge in [-0.15, -0.1) is 0 Å². The highest BCUT2D eigenvalue weighted by Gasteiger charge is 2.33. The minimum atomic E-state index is -4.31. The van der Waals surface area contributed by atoms with Crippen molar-refractivity contribution in [3.05, 3.63) is 35.4 Å². The molecule has 0 saturated carbocycles. The van der Waals surface area contributed by atoms with Gasteiger partial charge in [0.15, 0.2) is 0 Å².